The quantitative estimate of drug-likeness (QED) is 0.102. The first-order valence-corrected chi connectivity index (χ1v) is 18.6. The van der Waals surface area contributed by atoms with Gasteiger partial charge in [0.2, 0.25) is 0 Å². The predicted octanol–water partition coefficient (Wildman–Crippen LogP) is 12.3. The predicted molar refractivity (Wildman–Crippen MR) is 188 cm³/mol. The third-order valence-corrected chi connectivity index (χ3v) is 10.8. The van der Waals surface area contributed by atoms with Crippen LogP contribution in [-0.2, 0) is 5.60 Å². The smallest absolute Gasteiger partial charge is 0.186 e. The van der Waals surface area contributed by atoms with Crippen LogP contribution in [0.1, 0.15) is 117 Å². The van der Waals surface area contributed by atoms with Gasteiger partial charge in [-0.15, -0.1) is 22.7 Å². The summed E-state index contributed by atoms with van der Waals surface area (Å²) in [5.41, 5.74) is 2.68. The number of fused-ring (bicyclic) bond motifs is 3. The van der Waals surface area contributed by atoms with Gasteiger partial charge >= 0.3 is 0 Å². The second-order valence-electron chi connectivity index (χ2n) is 12.2. The van der Waals surface area contributed by atoms with E-state index in [0.29, 0.717) is 0 Å². The van der Waals surface area contributed by atoms with Gasteiger partial charge in [0.1, 0.15) is 17.2 Å². The van der Waals surface area contributed by atoms with Gasteiger partial charge in [-0.3, -0.25) is 0 Å². The summed E-state index contributed by atoms with van der Waals surface area (Å²) >= 11 is 3.69. The normalized spacial score (nSPS) is 13.3. The molecule has 1 aliphatic rings. The number of ether oxygens (including phenoxy) is 3. The Labute approximate surface area is 273 Å². The molecule has 0 spiro atoms. The van der Waals surface area contributed by atoms with Gasteiger partial charge in [0.25, 0.3) is 0 Å². The second kappa shape index (κ2) is 16.0. The van der Waals surface area contributed by atoms with Crippen LogP contribution in [0, 0.1) is 13.8 Å². The van der Waals surface area contributed by atoms with Crippen LogP contribution in [0.4, 0.5) is 0 Å². The van der Waals surface area contributed by atoms with Crippen LogP contribution in [0.25, 0.3) is 9.75 Å². The average Bonchev–Trinajstić information content (AvgIpc) is 3.62. The summed E-state index contributed by atoms with van der Waals surface area (Å²) in [5.74, 6) is 2.80. The van der Waals surface area contributed by atoms with Crippen LogP contribution in [0.3, 0.4) is 0 Å². The number of unbranched alkanes of at least 4 members (excludes halogenated alkanes) is 10. The highest BCUT2D eigenvalue weighted by molar-refractivity contribution is 7.22. The van der Waals surface area contributed by atoms with Crippen LogP contribution in [-0.4, -0.2) is 13.2 Å². The molecule has 0 saturated carbocycles. The van der Waals surface area contributed by atoms with E-state index in [-0.39, 0.29) is 0 Å². The van der Waals surface area contributed by atoms with E-state index in [2.05, 4.69) is 88.4 Å². The van der Waals surface area contributed by atoms with E-state index in [9.17, 15) is 0 Å². The summed E-state index contributed by atoms with van der Waals surface area (Å²) < 4.78 is 19.5. The number of thiophene rings is 2. The molecule has 0 fully saturated rings. The molecule has 5 rings (SSSR count). The Morgan fingerprint density at radius 1 is 0.568 bits per heavy atom. The van der Waals surface area contributed by atoms with E-state index < -0.39 is 5.60 Å². The van der Waals surface area contributed by atoms with Gasteiger partial charge in [0.05, 0.1) is 23.0 Å². The zero-order valence-electron chi connectivity index (χ0n) is 27.2. The monoisotopic (exact) mass is 630 g/mol. The largest absolute Gasteiger partial charge is 0.494 e. The molecule has 2 aromatic carbocycles. The molecule has 3 nitrogen and oxygen atoms in total. The number of hydrogen-bond donors (Lipinski definition) is 0. The molecule has 0 saturated heterocycles. The molecule has 0 atom stereocenters. The first-order chi connectivity index (χ1) is 21.5. The fourth-order valence-corrected chi connectivity index (χ4v) is 8.35. The van der Waals surface area contributed by atoms with Crippen LogP contribution in [0.15, 0.2) is 60.7 Å². The van der Waals surface area contributed by atoms with Gasteiger partial charge < -0.3 is 14.2 Å². The molecule has 0 amide bonds. The highest BCUT2D eigenvalue weighted by Gasteiger charge is 2.46. The van der Waals surface area contributed by atoms with Gasteiger partial charge in [-0.05, 0) is 63.1 Å². The zero-order chi connectivity index (χ0) is 30.8. The van der Waals surface area contributed by atoms with Crippen LogP contribution < -0.4 is 14.2 Å². The van der Waals surface area contributed by atoms with Crippen molar-refractivity contribution in [3.8, 4) is 27.0 Å². The van der Waals surface area contributed by atoms with Crippen molar-refractivity contribution in [2.45, 2.75) is 110 Å². The zero-order valence-corrected chi connectivity index (χ0v) is 28.8. The first-order valence-electron chi connectivity index (χ1n) is 16.9. The molecule has 3 heterocycles. The van der Waals surface area contributed by atoms with Crippen LogP contribution >= 0.6 is 22.7 Å². The molecule has 1 aliphatic heterocycles. The van der Waals surface area contributed by atoms with Gasteiger partial charge in [0, 0.05) is 26.4 Å². The standard InChI is InChI=1S/C39H50O3S2/c1-5-7-9-11-13-15-25-40-33-21-17-31(18-22-33)39(32-19-23-34(24-20-32)41-26-16-14-12-10-8-6-2)35-27-29(3)43-37(35)38-36(42-39)28-30(4)44-38/h17-24,27-28H,5-16,25-26H2,1-4H3. The third-order valence-electron chi connectivity index (χ3n) is 8.58. The van der Waals surface area contributed by atoms with E-state index in [1.165, 1.54) is 89.3 Å². The highest BCUT2D eigenvalue weighted by atomic mass is 32.1. The fourth-order valence-electron chi connectivity index (χ4n) is 6.20. The highest BCUT2D eigenvalue weighted by Crippen LogP contribution is 2.56. The minimum Gasteiger partial charge on any atom is -0.494 e. The van der Waals surface area contributed by atoms with Crippen molar-refractivity contribution < 1.29 is 14.2 Å². The Balaban J connectivity index is 1.37. The van der Waals surface area contributed by atoms with E-state index in [1.807, 2.05) is 22.7 Å². The minimum atomic E-state index is -0.754. The van der Waals surface area contributed by atoms with E-state index in [4.69, 9.17) is 14.2 Å². The Morgan fingerprint density at radius 3 is 1.55 bits per heavy atom. The number of rotatable bonds is 18. The Hall–Kier alpha value is -2.76. The molecule has 44 heavy (non-hydrogen) atoms. The van der Waals surface area contributed by atoms with Crippen molar-refractivity contribution >= 4 is 22.7 Å². The van der Waals surface area contributed by atoms with Crippen LogP contribution in [0.5, 0.6) is 17.2 Å². The minimum absolute atomic E-state index is 0.754. The maximum Gasteiger partial charge on any atom is 0.186 e. The summed E-state index contributed by atoms with van der Waals surface area (Å²) in [4.78, 5) is 5.11. The molecular formula is C39H50O3S2. The summed E-state index contributed by atoms with van der Waals surface area (Å²) in [7, 11) is 0. The van der Waals surface area contributed by atoms with E-state index in [0.717, 1.165) is 54.4 Å². The molecule has 2 aromatic heterocycles. The molecule has 0 aliphatic carbocycles. The van der Waals surface area contributed by atoms with Gasteiger partial charge in [-0.25, -0.2) is 0 Å². The average molecular weight is 631 g/mol. The Morgan fingerprint density at radius 2 is 1.02 bits per heavy atom. The summed E-state index contributed by atoms with van der Waals surface area (Å²) in [6.45, 7) is 10.4. The topological polar surface area (TPSA) is 27.7 Å². The van der Waals surface area contributed by atoms with Crippen molar-refractivity contribution in [2.75, 3.05) is 13.2 Å². The molecule has 0 N–H and O–H groups in total. The third kappa shape index (κ3) is 7.72. The second-order valence-corrected chi connectivity index (χ2v) is 14.7. The van der Waals surface area contributed by atoms with E-state index in [1.54, 1.807) is 0 Å². The van der Waals surface area contributed by atoms with E-state index >= 15 is 0 Å². The van der Waals surface area contributed by atoms with Crippen molar-refractivity contribution in [1.82, 2.24) is 0 Å². The fraction of sp³-hybridized carbons (Fsp3) is 0.487. The maximum atomic E-state index is 7.16. The van der Waals surface area contributed by atoms with Crippen molar-refractivity contribution in [3.05, 3.63) is 87.1 Å². The molecule has 0 bridgehead atoms. The lowest BCUT2D eigenvalue weighted by atomic mass is 9.78. The van der Waals surface area contributed by atoms with Crippen molar-refractivity contribution in [2.24, 2.45) is 0 Å². The summed E-state index contributed by atoms with van der Waals surface area (Å²) in [6.07, 6.45) is 15.1. The SMILES string of the molecule is CCCCCCCCOc1ccc(C2(c3ccc(OCCCCCCCC)cc3)Oc3cc(C)sc3-c3sc(C)cc32)cc1. The number of benzene rings is 2. The lowest BCUT2D eigenvalue weighted by molar-refractivity contribution is 0.153. The van der Waals surface area contributed by atoms with Gasteiger partial charge in [-0.1, -0.05) is 102 Å². The lowest BCUT2D eigenvalue weighted by Gasteiger charge is -2.39. The van der Waals surface area contributed by atoms with Crippen LogP contribution in [0.2, 0.25) is 0 Å². The molecule has 236 valence electrons. The Bertz CT molecular complexity index is 1370. The maximum absolute atomic E-state index is 7.16. The molecule has 0 radical (unpaired) electrons. The summed E-state index contributed by atoms with van der Waals surface area (Å²) in [6, 6.07) is 21.8. The number of aryl methyl sites for hydroxylation is 2. The molecule has 5 heteroatoms. The van der Waals surface area contributed by atoms with Gasteiger partial charge in [0.15, 0.2) is 5.60 Å². The van der Waals surface area contributed by atoms with Gasteiger partial charge in [-0.2, -0.15) is 0 Å². The first kappa shape index (κ1) is 32.6. The number of hydrogen-bond acceptors (Lipinski definition) is 5. The molecule has 0 unspecified atom stereocenters. The summed E-state index contributed by atoms with van der Waals surface area (Å²) in [5, 5.41) is 0. The van der Waals surface area contributed by atoms with Crippen molar-refractivity contribution in [3.63, 3.8) is 0 Å². The molecular weight excluding hydrogens is 581 g/mol. The lowest BCUT2D eigenvalue weighted by Crippen LogP contribution is -2.37. The van der Waals surface area contributed by atoms with Crippen molar-refractivity contribution in [1.29, 1.82) is 0 Å². The Kier molecular flexibility index (Phi) is 11.9. The molecule has 4 aromatic rings.